The van der Waals surface area contributed by atoms with E-state index in [1.807, 2.05) is 0 Å². The van der Waals surface area contributed by atoms with E-state index in [4.69, 9.17) is 15.0 Å². The van der Waals surface area contributed by atoms with Crippen LogP contribution in [0.5, 0.6) is 0 Å². The van der Waals surface area contributed by atoms with Gasteiger partial charge in [0.2, 0.25) is 0 Å². The quantitative estimate of drug-likeness (QED) is 0.174. The van der Waals surface area contributed by atoms with E-state index in [9.17, 15) is 0 Å². The van der Waals surface area contributed by atoms with Crippen LogP contribution in [0.15, 0.2) is 164 Å². The van der Waals surface area contributed by atoms with Gasteiger partial charge in [0.25, 0.3) is 0 Å². The van der Waals surface area contributed by atoms with Crippen LogP contribution >= 0.6 is 0 Å². The molecule has 6 aromatic carbocycles. The summed E-state index contributed by atoms with van der Waals surface area (Å²) in [7, 11) is 0. The summed E-state index contributed by atoms with van der Waals surface area (Å²) in [5.74, 6) is 7.48. The molecule has 6 aliphatic rings. The fourth-order valence-corrected chi connectivity index (χ4v) is 12.0. The fourth-order valence-electron chi connectivity index (χ4n) is 12.0. The zero-order chi connectivity index (χ0) is 32.6. The Bertz CT molecular complexity index is 2320. The molecule has 0 aliphatic heterocycles. The van der Waals surface area contributed by atoms with E-state index in [1.165, 1.54) is 11.1 Å². The fraction of sp³-hybridized carbons (Fsp3) is 0.170. The molecule has 13 rings (SSSR count). The Hall–Kier alpha value is -5.67. The van der Waals surface area contributed by atoms with Crippen molar-refractivity contribution in [1.29, 1.82) is 0 Å². The summed E-state index contributed by atoms with van der Waals surface area (Å²) in [6, 6.07) is 58.9. The molecule has 6 fully saturated rings. The molecule has 50 heavy (non-hydrogen) atoms. The molecule has 0 saturated heterocycles. The second-order valence-corrected chi connectivity index (χ2v) is 15.2. The van der Waals surface area contributed by atoms with Gasteiger partial charge in [-0.15, -0.1) is 0 Å². The van der Waals surface area contributed by atoms with Gasteiger partial charge in [-0.25, -0.2) is 15.0 Å². The molecular formula is C47H33N3. The molecule has 6 aliphatic carbocycles. The van der Waals surface area contributed by atoms with E-state index in [2.05, 4.69) is 164 Å². The third-order valence-electron chi connectivity index (χ3n) is 13.6. The molecule has 236 valence electrons. The highest BCUT2D eigenvalue weighted by Gasteiger charge is 3.09. The molecule has 1 heterocycles. The van der Waals surface area contributed by atoms with Crippen LogP contribution in [0.1, 0.15) is 11.1 Å². The van der Waals surface area contributed by atoms with Crippen molar-refractivity contribution in [3.05, 3.63) is 175 Å². The summed E-state index contributed by atoms with van der Waals surface area (Å²) < 4.78 is 0. The SMILES string of the molecule is c1ccc(-c2cccc(-c3nc(-c4ccc(C56C7C8C5C5C6C7C85c5ccccc5)cc4)nc(-c4cccc(-c5ccccc5)c4)n3)c2)cc1. The van der Waals surface area contributed by atoms with Crippen LogP contribution in [0.25, 0.3) is 56.4 Å². The molecule has 3 nitrogen and oxygen atoms in total. The maximum atomic E-state index is 5.14. The lowest BCUT2D eigenvalue weighted by Crippen LogP contribution is -3.12. The van der Waals surface area contributed by atoms with Crippen molar-refractivity contribution in [3.8, 4) is 56.4 Å². The van der Waals surface area contributed by atoms with Gasteiger partial charge in [-0.1, -0.05) is 152 Å². The Morgan fingerprint density at radius 1 is 0.280 bits per heavy atom. The van der Waals surface area contributed by atoms with E-state index in [0.717, 1.165) is 63.3 Å². The van der Waals surface area contributed by atoms with Crippen molar-refractivity contribution < 1.29 is 0 Å². The lowest BCUT2D eigenvalue weighted by molar-refractivity contribution is -0.596. The Labute approximate surface area is 291 Å². The van der Waals surface area contributed by atoms with E-state index in [0.29, 0.717) is 28.3 Å². The van der Waals surface area contributed by atoms with Crippen LogP contribution < -0.4 is 0 Å². The number of hydrogen-bond donors (Lipinski definition) is 0. The molecule has 0 N–H and O–H groups in total. The molecular weight excluding hydrogens is 607 g/mol. The van der Waals surface area contributed by atoms with Crippen LogP contribution in [0.3, 0.4) is 0 Å². The summed E-state index contributed by atoms with van der Waals surface area (Å²) in [6.45, 7) is 0. The van der Waals surface area contributed by atoms with Gasteiger partial charge in [0, 0.05) is 27.5 Å². The van der Waals surface area contributed by atoms with E-state index < -0.39 is 0 Å². The van der Waals surface area contributed by atoms with Crippen LogP contribution in [0.4, 0.5) is 0 Å². The van der Waals surface area contributed by atoms with Crippen molar-refractivity contribution in [2.45, 2.75) is 10.8 Å². The average Bonchev–Trinajstić information content (AvgIpc) is 3.21. The first-order valence-electron chi connectivity index (χ1n) is 18.0. The van der Waals surface area contributed by atoms with Gasteiger partial charge in [0.15, 0.2) is 17.5 Å². The van der Waals surface area contributed by atoms with E-state index in [1.54, 1.807) is 11.1 Å². The largest absolute Gasteiger partial charge is 0.208 e. The molecule has 0 bridgehead atoms. The standard InChI is InChI=1S/C47H33N3/c1-4-12-28(13-5-1)31-16-10-18-33(26-31)44-48-43(49-45(50-44)34-19-11-17-32(27-34)29-14-6-2-7-15-29)30-22-24-36(25-23-30)47-40-37-41(47)39-42(47)38(40)46(37,39)35-20-8-3-9-21-35/h1-27,37-42H. The maximum absolute atomic E-state index is 5.14. The van der Waals surface area contributed by atoms with Gasteiger partial charge in [-0.05, 0) is 81.0 Å². The van der Waals surface area contributed by atoms with Crippen LogP contribution in [0.2, 0.25) is 0 Å². The van der Waals surface area contributed by atoms with Crippen LogP contribution in [0, 0.1) is 35.5 Å². The third-order valence-corrected chi connectivity index (χ3v) is 13.6. The highest BCUT2D eigenvalue weighted by Crippen LogP contribution is 3.09. The van der Waals surface area contributed by atoms with Gasteiger partial charge in [0.05, 0.1) is 0 Å². The topological polar surface area (TPSA) is 38.7 Å². The molecule has 0 spiro atoms. The zero-order valence-corrected chi connectivity index (χ0v) is 27.4. The Morgan fingerprint density at radius 2 is 0.620 bits per heavy atom. The van der Waals surface area contributed by atoms with Gasteiger partial charge in [-0.3, -0.25) is 0 Å². The van der Waals surface area contributed by atoms with Gasteiger partial charge >= 0.3 is 0 Å². The Kier molecular flexibility index (Phi) is 5.17. The van der Waals surface area contributed by atoms with Crippen molar-refractivity contribution in [2.24, 2.45) is 35.5 Å². The summed E-state index contributed by atoms with van der Waals surface area (Å²) in [4.78, 5) is 15.4. The molecule has 0 unspecified atom stereocenters. The minimum Gasteiger partial charge on any atom is -0.208 e. The summed E-state index contributed by atoms with van der Waals surface area (Å²) in [5.41, 5.74) is 11.8. The van der Waals surface area contributed by atoms with Crippen LogP contribution in [-0.4, -0.2) is 15.0 Å². The molecule has 7 aromatic rings. The van der Waals surface area contributed by atoms with Gasteiger partial charge < -0.3 is 0 Å². The number of benzene rings is 6. The first-order valence-corrected chi connectivity index (χ1v) is 18.0. The molecule has 6 saturated carbocycles. The van der Waals surface area contributed by atoms with Crippen molar-refractivity contribution >= 4 is 0 Å². The summed E-state index contributed by atoms with van der Waals surface area (Å²) in [6.07, 6.45) is 0. The summed E-state index contributed by atoms with van der Waals surface area (Å²) >= 11 is 0. The molecule has 1 aromatic heterocycles. The van der Waals surface area contributed by atoms with Crippen molar-refractivity contribution in [3.63, 3.8) is 0 Å². The minimum atomic E-state index is 0.445. The van der Waals surface area contributed by atoms with Crippen molar-refractivity contribution in [2.75, 3.05) is 0 Å². The van der Waals surface area contributed by atoms with Gasteiger partial charge in [0.1, 0.15) is 0 Å². The second-order valence-electron chi connectivity index (χ2n) is 15.2. The van der Waals surface area contributed by atoms with Gasteiger partial charge in [-0.2, -0.15) is 0 Å². The normalized spacial score (nSPS) is 29.8. The molecule has 0 atom stereocenters. The smallest absolute Gasteiger partial charge is 0.164 e. The van der Waals surface area contributed by atoms with E-state index in [-0.39, 0.29) is 0 Å². The maximum Gasteiger partial charge on any atom is 0.164 e. The highest BCUT2D eigenvalue weighted by molar-refractivity contribution is 5.75. The predicted molar refractivity (Wildman–Crippen MR) is 198 cm³/mol. The molecule has 0 amide bonds. The molecule has 0 radical (unpaired) electrons. The first-order chi connectivity index (χ1) is 24.8. The predicted octanol–water partition coefficient (Wildman–Crippen LogP) is 10.1. The lowest BCUT2D eigenvalue weighted by atomic mass is 8.91. The number of aromatic nitrogens is 3. The van der Waals surface area contributed by atoms with Crippen LogP contribution in [-0.2, 0) is 10.8 Å². The van der Waals surface area contributed by atoms with Crippen molar-refractivity contribution in [1.82, 2.24) is 15.0 Å². The number of hydrogen-bond acceptors (Lipinski definition) is 3. The average molecular weight is 640 g/mol. The number of nitrogens with zero attached hydrogens (tertiary/aromatic N) is 3. The van der Waals surface area contributed by atoms with E-state index >= 15 is 0 Å². The molecule has 3 heteroatoms. The number of rotatable bonds is 7. The summed E-state index contributed by atoms with van der Waals surface area (Å²) in [5, 5.41) is 0. The zero-order valence-electron chi connectivity index (χ0n) is 27.4. The minimum absolute atomic E-state index is 0.445. The third kappa shape index (κ3) is 3.12. The Balaban J connectivity index is 0.917. The Morgan fingerprint density at radius 3 is 1.06 bits per heavy atom. The first kappa shape index (κ1) is 27.2. The monoisotopic (exact) mass is 639 g/mol. The highest BCUT2D eigenvalue weighted by atomic mass is 15.1. The second kappa shape index (κ2) is 9.52. The lowest BCUT2D eigenvalue weighted by Gasteiger charge is -3.12.